The monoisotopic (exact) mass is 355 g/mol. The zero-order valence-electron chi connectivity index (χ0n) is 11.9. The molecule has 0 aliphatic carbocycles. The Morgan fingerprint density at radius 3 is 3.00 bits per heavy atom. The Hall–Kier alpha value is -1.40. The fraction of sp³-hybridized carbons (Fsp3) is 0.467. The van der Waals surface area contributed by atoms with Gasteiger partial charge in [0.15, 0.2) is 0 Å². The smallest absolute Gasteiger partial charge is 0.308 e. The first-order valence-electron chi connectivity index (χ1n) is 6.79. The van der Waals surface area contributed by atoms with Crippen LogP contribution in [0.1, 0.15) is 12.0 Å². The first-order chi connectivity index (χ1) is 10.1. The molecule has 1 aliphatic rings. The van der Waals surface area contributed by atoms with Crippen LogP contribution in [0.15, 0.2) is 28.7 Å². The highest BCUT2D eigenvalue weighted by Crippen LogP contribution is 2.15. The predicted molar refractivity (Wildman–Crippen MR) is 80.8 cm³/mol. The molecule has 1 unspecified atom stereocenters. The van der Waals surface area contributed by atoms with Crippen molar-refractivity contribution in [3.8, 4) is 0 Å². The van der Waals surface area contributed by atoms with Crippen molar-refractivity contribution >= 4 is 27.8 Å². The van der Waals surface area contributed by atoms with E-state index in [0.29, 0.717) is 26.1 Å². The lowest BCUT2D eigenvalue weighted by Gasteiger charge is -2.32. The summed E-state index contributed by atoms with van der Waals surface area (Å²) in [5, 5.41) is 0. The highest BCUT2D eigenvalue weighted by atomic mass is 79.9. The number of halogens is 1. The highest BCUT2D eigenvalue weighted by Gasteiger charge is 2.26. The number of rotatable bonds is 4. The molecule has 1 heterocycles. The molecule has 1 amide bonds. The quantitative estimate of drug-likeness (QED) is 0.772. The van der Waals surface area contributed by atoms with Crippen LogP contribution in [0.2, 0.25) is 0 Å². The number of hydrogen-bond acceptors (Lipinski definition) is 4. The average Bonchev–Trinajstić information content (AvgIpc) is 2.47. The Morgan fingerprint density at radius 1 is 1.48 bits per heavy atom. The van der Waals surface area contributed by atoms with E-state index in [1.54, 1.807) is 4.90 Å². The topological polar surface area (TPSA) is 55.8 Å². The summed E-state index contributed by atoms with van der Waals surface area (Å²) in [4.78, 5) is 25.3. The second-order valence-electron chi connectivity index (χ2n) is 4.92. The van der Waals surface area contributed by atoms with Gasteiger partial charge in [-0.1, -0.05) is 28.1 Å². The van der Waals surface area contributed by atoms with Crippen LogP contribution in [-0.2, 0) is 25.5 Å². The Morgan fingerprint density at radius 2 is 2.29 bits per heavy atom. The van der Waals surface area contributed by atoms with Gasteiger partial charge < -0.3 is 14.4 Å². The summed E-state index contributed by atoms with van der Waals surface area (Å²) >= 11 is 3.40. The molecule has 21 heavy (non-hydrogen) atoms. The van der Waals surface area contributed by atoms with Gasteiger partial charge in [-0.05, 0) is 17.7 Å². The summed E-state index contributed by atoms with van der Waals surface area (Å²) in [6.45, 7) is 1.44. The fourth-order valence-corrected chi connectivity index (χ4v) is 2.72. The van der Waals surface area contributed by atoms with Gasteiger partial charge in [0.25, 0.3) is 0 Å². The SMILES string of the molecule is COC(=O)CC1CN(C(=O)Cc2cccc(Br)c2)CCO1. The highest BCUT2D eigenvalue weighted by molar-refractivity contribution is 9.10. The lowest BCUT2D eigenvalue weighted by atomic mass is 10.1. The molecule has 1 fully saturated rings. The van der Waals surface area contributed by atoms with Crippen molar-refractivity contribution in [3.05, 3.63) is 34.3 Å². The van der Waals surface area contributed by atoms with Crippen LogP contribution in [0.3, 0.4) is 0 Å². The Balaban J connectivity index is 1.91. The van der Waals surface area contributed by atoms with Crippen LogP contribution >= 0.6 is 15.9 Å². The zero-order chi connectivity index (χ0) is 15.2. The van der Waals surface area contributed by atoms with Gasteiger partial charge in [0.05, 0.1) is 32.7 Å². The normalized spacial score (nSPS) is 18.4. The van der Waals surface area contributed by atoms with Crippen molar-refractivity contribution in [3.63, 3.8) is 0 Å². The van der Waals surface area contributed by atoms with Crippen molar-refractivity contribution in [2.45, 2.75) is 18.9 Å². The minimum atomic E-state index is -0.318. The molecule has 1 aromatic rings. The maximum absolute atomic E-state index is 12.3. The molecule has 5 nitrogen and oxygen atoms in total. The van der Waals surface area contributed by atoms with Crippen molar-refractivity contribution in [2.75, 3.05) is 26.8 Å². The largest absolute Gasteiger partial charge is 0.469 e. The maximum Gasteiger partial charge on any atom is 0.308 e. The molecule has 0 saturated carbocycles. The van der Waals surface area contributed by atoms with E-state index in [9.17, 15) is 9.59 Å². The van der Waals surface area contributed by atoms with Gasteiger partial charge in [0, 0.05) is 17.6 Å². The third-order valence-corrected chi connectivity index (χ3v) is 3.85. The van der Waals surface area contributed by atoms with Gasteiger partial charge in [-0.25, -0.2) is 0 Å². The second-order valence-corrected chi connectivity index (χ2v) is 5.84. The standard InChI is InChI=1S/C15H18BrNO4/c1-20-15(19)9-13-10-17(5-6-21-13)14(18)8-11-3-2-4-12(16)7-11/h2-4,7,13H,5-6,8-10H2,1H3. The van der Waals surface area contributed by atoms with Crippen LogP contribution in [0, 0.1) is 0 Å². The van der Waals surface area contributed by atoms with Crippen LogP contribution in [0.5, 0.6) is 0 Å². The minimum Gasteiger partial charge on any atom is -0.469 e. The number of carbonyl (C=O) groups excluding carboxylic acids is 2. The van der Waals surface area contributed by atoms with E-state index in [1.807, 2.05) is 24.3 Å². The van der Waals surface area contributed by atoms with E-state index in [2.05, 4.69) is 20.7 Å². The number of nitrogens with zero attached hydrogens (tertiary/aromatic N) is 1. The molecule has 2 rings (SSSR count). The second kappa shape index (κ2) is 7.56. The molecule has 6 heteroatoms. The van der Waals surface area contributed by atoms with E-state index >= 15 is 0 Å². The molecular weight excluding hydrogens is 338 g/mol. The molecule has 0 N–H and O–H groups in total. The lowest BCUT2D eigenvalue weighted by molar-refractivity contribution is -0.149. The Kier molecular flexibility index (Phi) is 5.76. The van der Waals surface area contributed by atoms with Gasteiger partial charge in [0.1, 0.15) is 0 Å². The molecule has 1 atom stereocenters. The van der Waals surface area contributed by atoms with Crippen molar-refractivity contribution in [1.82, 2.24) is 4.90 Å². The first-order valence-corrected chi connectivity index (χ1v) is 7.58. The van der Waals surface area contributed by atoms with Crippen LogP contribution in [0.4, 0.5) is 0 Å². The number of ether oxygens (including phenoxy) is 2. The van der Waals surface area contributed by atoms with Crippen molar-refractivity contribution in [1.29, 1.82) is 0 Å². The number of hydrogen-bond donors (Lipinski definition) is 0. The van der Waals surface area contributed by atoms with E-state index in [4.69, 9.17) is 4.74 Å². The Bertz CT molecular complexity index is 520. The van der Waals surface area contributed by atoms with Crippen LogP contribution < -0.4 is 0 Å². The lowest BCUT2D eigenvalue weighted by Crippen LogP contribution is -2.46. The number of esters is 1. The summed E-state index contributed by atoms with van der Waals surface area (Å²) in [7, 11) is 1.35. The summed E-state index contributed by atoms with van der Waals surface area (Å²) < 4.78 is 11.1. The van der Waals surface area contributed by atoms with Crippen molar-refractivity contribution in [2.24, 2.45) is 0 Å². The van der Waals surface area contributed by atoms with Crippen molar-refractivity contribution < 1.29 is 19.1 Å². The molecule has 1 aromatic carbocycles. The zero-order valence-corrected chi connectivity index (χ0v) is 13.5. The van der Waals surface area contributed by atoms with Gasteiger partial charge >= 0.3 is 5.97 Å². The molecule has 1 aliphatic heterocycles. The van der Waals surface area contributed by atoms with E-state index in [0.717, 1.165) is 10.0 Å². The van der Waals surface area contributed by atoms with E-state index in [-0.39, 0.29) is 24.4 Å². The van der Waals surface area contributed by atoms with Gasteiger partial charge in [-0.3, -0.25) is 9.59 Å². The average molecular weight is 356 g/mol. The number of benzene rings is 1. The summed E-state index contributed by atoms with van der Waals surface area (Å²) in [6, 6.07) is 7.69. The molecule has 114 valence electrons. The number of morpholine rings is 1. The third kappa shape index (κ3) is 4.82. The third-order valence-electron chi connectivity index (χ3n) is 3.36. The van der Waals surface area contributed by atoms with Crippen LogP contribution in [0.25, 0.3) is 0 Å². The first kappa shape index (κ1) is 16.0. The van der Waals surface area contributed by atoms with E-state index < -0.39 is 0 Å². The van der Waals surface area contributed by atoms with Gasteiger partial charge in [-0.2, -0.15) is 0 Å². The molecule has 1 saturated heterocycles. The van der Waals surface area contributed by atoms with Gasteiger partial charge in [0.2, 0.25) is 5.91 Å². The Labute approximate surface area is 132 Å². The summed E-state index contributed by atoms with van der Waals surface area (Å²) in [6.07, 6.45) is 0.249. The number of amides is 1. The summed E-state index contributed by atoms with van der Waals surface area (Å²) in [5.41, 5.74) is 0.963. The minimum absolute atomic E-state index is 0.0475. The number of carbonyl (C=O) groups is 2. The predicted octanol–water partition coefficient (Wildman–Crippen LogP) is 1.78. The summed E-state index contributed by atoms with van der Waals surface area (Å²) in [5.74, 6) is -0.271. The molecule has 0 radical (unpaired) electrons. The fourth-order valence-electron chi connectivity index (χ4n) is 2.27. The molecular formula is C15H18BrNO4. The maximum atomic E-state index is 12.3. The van der Waals surface area contributed by atoms with Gasteiger partial charge in [-0.15, -0.1) is 0 Å². The molecule has 0 aromatic heterocycles. The van der Waals surface area contributed by atoms with E-state index in [1.165, 1.54) is 7.11 Å². The number of methoxy groups -OCH3 is 1. The van der Waals surface area contributed by atoms with Crippen LogP contribution in [-0.4, -0.2) is 49.7 Å². The molecule has 0 spiro atoms. The molecule has 0 bridgehead atoms.